The van der Waals surface area contributed by atoms with Crippen LogP contribution in [0.2, 0.25) is 5.28 Å². The lowest BCUT2D eigenvalue weighted by molar-refractivity contribution is 0.479. The van der Waals surface area contributed by atoms with Crippen molar-refractivity contribution in [2.45, 2.75) is 9.79 Å². The smallest absolute Gasteiger partial charge is 0.296 e. The second-order valence-electron chi connectivity index (χ2n) is 5.83. The summed E-state index contributed by atoms with van der Waals surface area (Å²) in [5.41, 5.74) is -0.462. The minimum Gasteiger partial charge on any atom is -0.353 e. The minimum atomic E-state index is -4.79. The Kier molecular flexibility index (Phi) is 5.89. The van der Waals surface area contributed by atoms with Crippen molar-refractivity contribution >= 4 is 59.4 Å². The van der Waals surface area contributed by atoms with Crippen molar-refractivity contribution in [1.82, 2.24) is 19.3 Å². The van der Waals surface area contributed by atoms with E-state index in [2.05, 4.69) is 25.6 Å². The fourth-order valence-corrected chi connectivity index (χ4v) is 4.62. The van der Waals surface area contributed by atoms with Gasteiger partial charge >= 0.3 is 0 Å². The Morgan fingerprint density at radius 1 is 1.07 bits per heavy atom. The first-order chi connectivity index (χ1) is 13.8. The van der Waals surface area contributed by atoms with Gasteiger partial charge in [0.1, 0.15) is 10.8 Å². The van der Waals surface area contributed by atoms with Crippen LogP contribution in [-0.2, 0) is 30.3 Å². The molecule has 0 saturated carbocycles. The van der Waals surface area contributed by atoms with E-state index < -0.39 is 45.7 Å². The lowest BCUT2D eigenvalue weighted by Gasteiger charge is -2.11. The van der Waals surface area contributed by atoms with E-state index in [4.69, 9.17) is 16.2 Å². The molecule has 0 amide bonds. The second-order valence-corrected chi connectivity index (χ2v) is 10.9. The molecule has 0 aliphatic carbocycles. The van der Waals surface area contributed by atoms with Crippen LogP contribution in [0.1, 0.15) is 0 Å². The molecule has 1 saturated heterocycles. The van der Waals surface area contributed by atoms with Gasteiger partial charge < -0.3 is 10.6 Å². The van der Waals surface area contributed by atoms with Crippen molar-refractivity contribution in [3.8, 4) is 0 Å². The van der Waals surface area contributed by atoms with Crippen LogP contribution >= 0.6 is 11.6 Å². The summed E-state index contributed by atoms with van der Waals surface area (Å²) in [7, 11) is -12.6. The summed E-state index contributed by atoms with van der Waals surface area (Å²) in [4.78, 5) is 10.0. The maximum atomic E-state index is 11.6. The summed E-state index contributed by atoms with van der Waals surface area (Å²) in [6.07, 6.45) is 0. The summed E-state index contributed by atoms with van der Waals surface area (Å²) in [6, 6.07) is 2.28. The molecular formula is C12H13ClN6O8S3. The van der Waals surface area contributed by atoms with Crippen LogP contribution in [0, 0.1) is 0 Å². The molecule has 2 aromatic rings. The summed E-state index contributed by atoms with van der Waals surface area (Å²) >= 11 is 5.80. The van der Waals surface area contributed by atoms with Crippen molar-refractivity contribution in [3.05, 3.63) is 23.5 Å². The van der Waals surface area contributed by atoms with Crippen LogP contribution in [-0.4, -0.2) is 72.6 Å². The average Bonchev–Trinajstić information content (AvgIpc) is 3.19. The van der Waals surface area contributed by atoms with Crippen LogP contribution in [0.3, 0.4) is 0 Å². The number of nitrogens with zero attached hydrogens (tertiary/aromatic N) is 4. The van der Waals surface area contributed by atoms with Gasteiger partial charge in [0.05, 0.1) is 10.6 Å². The quantitative estimate of drug-likeness (QED) is 0.273. The fraction of sp³-hybridized carbons (Fsp3) is 0.250. The van der Waals surface area contributed by atoms with E-state index in [1.165, 1.54) is 4.31 Å². The van der Waals surface area contributed by atoms with Gasteiger partial charge in [0, 0.05) is 13.1 Å². The molecule has 1 aromatic heterocycles. The van der Waals surface area contributed by atoms with Crippen LogP contribution < -0.4 is 10.6 Å². The first-order valence-electron chi connectivity index (χ1n) is 7.75. The number of anilines is 3. The molecule has 1 atom stereocenters. The lowest BCUT2D eigenvalue weighted by Crippen LogP contribution is -2.16. The monoisotopic (exact) mass is 500 g/mol. The Morgan fingerprint density at radius 3 is 2.27 bits per heavy atom. The van der Waals surface area contributed by atoms with Crippen molar-refractivity contribution in [1.29, 1.82) is 0 Å². The van der Waals surface area contributed by atoms with Crippen molar-refractivity contribution in [2.75, 3.05) is 29.6 Å². The third-order valence-electron chi connectivity index (χ3n) is 3.65. The number of aromatic nitrogens is 3. The number of sulfonamides is 1. The number of rotatable bonds is 8. The summed E-state index contributed by atoms with van der Waals surface area (Å²) in [6.45, 7) is 0.283. The van der Waals surface area contributed by atoms with Crippen LogP contribution in [0.5, 0.6) is 0 Å². The summed E-state index contributed by atoms with van der Waals surface area (Å²) < 4.78 is 87.7. The number of halogens is 1. The van der Waals surface area contributed by atoms with Crippen molar-refractivity contribution in [2.24, 2.45) is 0 Å². The van der Waals surface area contributed by atoms with Gasteiger partial charge in [-0.05, 0) is 29.8 Å². The maximum Gasteiger partial charge on any atom is 0.296 e. The van der Waals surface area contributed by atoms with Gasteiger partial charge in [0.2, 0.25) is 27.2 Å². The zero-order valence-electron chi connectivity index (χ0n) is 14.6. The first kappa shape index (κ1) is 22.5. The molecule has 2 heterocycles. The Labute approximate surface area is 175 Å². The third-order valence-corrected chi connectivity index (χ3v) is 7.02. The van der Waals surface area contributed by atoms with Gasteiger partial charge in [-0.15, -0.1) is 0 Å². The van der Waals surface area contributed by atoms with Crippen molar-refractivity contribution in [3.63, 3.8) is 0 Å². The number of benzene rings is 1. The van der Waals surface area contributed by atoms with E-state index in [0.29, 0.717) is 0 Å². The topological polar surface area (TPSA) is 209 Å². The molecule has 1 fully saturated rings. The van der Waals surface area contributed by atoms with Crippen molar-refractivity contribution < 1.29 is 34.4 Å². The van der Waals surface area contributed by atoms with Gasteiger partial charge in [-0.1, -0.05) is 0 Å². The van der Waals surface area contributed by atoms with Gasteiger partial charge in [0.25, 0.3) is 20.2 Å². The number of hydrogen-bond acceptors (Lipinski definition) is 11. The van der Waals surface area contributed by atoms with Gasteiger partial charge in [-0.25, -0.2) is 8.42 Å². The molecule has 14 nitrogen and oxygen atoms in total. The Morgan fingerprint density at radius 2 is 1.70 bits per heavy atom. The molecule has 1 aromatic carbocycles. The van der Waals surface area contributed by atoms with Crippen LogP contribution in [0.25, 0.3) is 0 Å². The molecule has 0 spiro atoms. The predicted molar refractivity (Wildman–Crippen MR) is 103 cm³/mol. The van der Waals surface area contributed by atoms with E-state index in [1.807, 2.05) is 0 Å². The highest BCUT2D eigenvalue weighted by molar-refractivity contribution is 7.95. The standard InChI is InChI=1S/C12H13ClN6O8S3/c13-10-16-11(14-3-4-19-6-28(19,20)21)18-12(17-10)15-8-5-7(29(22,23)24)1-2-9(8)30(25,26)27/h1-2,5H,3-4,6H2,(H,22,23,24)(H,25,26,27)(H2,14,15,16,17,18). The van der Waals surface area contributed by atoms with E-state index in [-0.39, 0.29) is 36.1 Å². The first-order valence-corrected chi connectivity index (χ1v) is 12.6. The molecule has 0 radical (unpaired) electrons. The highest BCUT2D eigenvalue weighted by Crippen LogP contribution is 2.27. The van der Waals surface area contributed by atoms with E-state index in [0.717, 1.165) is 18.2 Å². The molecule has 30 heavy (non-hydrogen) atoms. The SMILES string of the molecule is O=S(=O)(O)c1ccc(S(=O)(=O)O)c(Nc2nc(Cl)nc(NCCN3CS3(=O)=O)n2)c1. The predicted octanol–water partition coefficient (Wildman–Crippen LogP) is -0.223. The maximum absolute atomic E-state index is 11.6. The van der Waals surface area contributed by atoms with Crippen LogP contribution in [0.15, 0.2) is 28.0 Å². The Hall–Kier alpha value is -2.15. The summed E-state index contributed by atoms with van der Waals surface area (Å²) in [5.74, 6) is -0.465. The molecule has 164 valence electrons. The molecular weight excluding hydrogens is 488 g/mol. The molecule has 1 aliphatic rings. The van der Waals surface area contributed by atoms with Gasteiger partial charge in [0.15, 0.2) is 0 Å². The highest BCUT2D eigenvalue weighted by atomic mass is 35.5. The fourth-order valence-electron chi connectivity index (χ4n) is 2.25. The molecule has 0 bridgehead atoms. The molecule has 18 heteroatoms. The van der Waals surface area contributed by atoms with E-state index in [9.17, 15) is 29.8 Å². The van der Waals surface area contributed by atoms with E-state index >= 15 is 0 Å². The van der Waals surface area contributed by atoms with E-state index in [1.54, 1.807) is 0 Å². The highest BCUT2D eigenvalue weighted by Gasteiger charge is 2.39. The zero-order chi connectivity index (χ0) is 22.3. The number of nitrogens with one attached hydrogen (secondary N) is 2. The molecule has 1 aliphatic heterocycles. The summed E-state index contributed by atoms with van der Waals surface area (Å²) in [5, 5.41) is 4.77. The van der Waals surface area contributed by atoms with Gasteiger partial charge in [-0.2, -0.15) is 36.1 Å². The molecule has 4 N–H and O–H groups in total. The zero-order valence-corrected chi connectivity index (χ0v) is 17.8. The largest absolute Gasteiger partial charge is 0.353 e. The Balaban J connectivity index is 1.87. The molecule has 1 unspecified atom stereocenters. The lowest BCUT2D eigenvalue weighted by atomic mass is 10.3. The molecule has 3 rings (SSSR count). The average molecular weight is 501 g/mol. The minimum absolute atomic E-state index is 0.0536. The van der Waals surface area contributed by atoms with Gasteiger partial charge in [-0.3, -0.25) is 9.11 Å². The number of hydrogen-bond donors (Lipinski definition) is 4. The normalized spacial score (nSPS) is 18.0. The third kappa shape index (κ3) is 5.50. The second kappa shape index (κ2) is 7.84. The Bertz CT molecular complexity index is 1320. The van der Waals surface area contributed by atoms with Crippen LogP contribution in [0.4, 0.5) is 17.6 Å².